The number of rotatable bonds is 6. The van der Waals surface area contributed by atoms with E-state index in [0.717, 1.165) is 11.3 Å². The highest BCUT2D eigenvalue weighted by Gasteiger charge is 2.17. The number of benzene rings is 2. The molecule has 0 fully saturated rings. The molecule has 2 aromatic heterocycles. The Morgan fingerprint density at radius 1 is 0.968 bits per heavy atom. The fraction of sp³-hybridized carbons (Fsp3) is 0.0833. The lowest BCUT2D eigenvalue weighted by Crippen LogP contribution is -2.15. The summed E-state index contributed by atoms with van der Waals surface area (Å²) < 4.78 is 18.7. The first kappa shape index (κ1) is 20.2. The van der Waals surface area contributed by atoms with Crippen LogP contribution in [0.15, 0.2) is 79.3 Å². The minimum Gasteiger partial charge on any atom is -0.494 e. The zero-order valence-corrected chi connectivity index (χ0v) is 16.7. The number of hydrogen-bond donors (Lipinski definition) is 1. The maximum absolute atomic E-state index is 13.3. The van der Waals surface area contributed by atoms with Gasteiger partial charge in [0.15, 0.2) is 5.82 Å². The molecular formula is C24H19FN4O2. The summed E-state index contributed by atoms with van der Waals surface area (Å²) in [6.45, 7) is 2.48. The van der Waals surface area contributed by atoms with Gasteiger partial charge < -0.3 is 10.1 Å². The van der Waals surface area contributed by atoms with Gasteiger partial charge >= 0.3 is 0 Å². The molecular weight excluding hydrogens is 395 g/mol. The predicted octanol–water partition coefficient (Wildman–Crippen LogP) is 5.00. The molecule has 0 aliphatic carbocycles. The summed E-state index contributed by atoms with van der Waals surface area (Å²) in [7, 11) is 0. The molecule has 0 atom stereocenters. The number of pyridine rings is 1. The number of nitrogens with one attached hydrogen (secondary N) is 1. The zero-order valence-electron chi connectivity index (χ0n) is 16.7. The SMILES string of the molecule is CCOc1ccc(NC(=O)c2cnc(-c3ccc(F)cc3)nc2-c2ccncc2)cc1. The highest BCUT2D eigenvalue weighted by molar-refractivity contribution is 6.08. The van der Waals surface area contributed by atoms with Gasteiger partial charge in [-0.15, -0.1) is 0 Å². The van der Waals surface area contributed by atoms with Crippen molar-refractivity contribution < 1.29 is 13.9 Å². The van der Waals surface area contributed by atoms with Crippen LogP contribution in [0.3, 0.4) is 0 Å². The van der Waals surface area contributed by atoms with Crippen LogP contribution in [0.5, 0.6) is 5.75 Å². The van der Waals surface area contributed by atoms with Gasteiger partial charge in [0.2, 0.25) is 0 Å². The van der Waals surface area contributed by atoms with Crippen molar-refractivity contribution in [2.24, 2.45) is 0 Å². The van der Waals surface area contributed by atoms with E-state index in [1.807, 2.05) is 6.92 Å². The Hall–Kier alpha value is -4.13. The van der Waals surface area contributed by atoms with Crippen molar-refractivity contribution in [2.45, 2.75) is 6.92 Å². The number of amides is 1. The second kappa shape index (κ2) is 9.13. The molecule has 0 saturated carbocycles. The smallest absolute Gasteiger partial charge is 0.259 e. The predicted molar refractivity (Wildman–Crippen MR) is 116 cm³/mol. The van der Waals surface area contributed by atoms with E-state index in [1.165, 1.54) is 18.3 Å². The van der Waals surface area contributed by atoms with Crippen LogP contribution < -0.4 is 10.1 Å². The van der Waals surface area contributed by atoms with Crippen LogP contribution in [0.25, 0.3) is 22.6 Å². The molecule has 1 amide bonds. The Kier molecular flexibility index (Phi) is 5.93. The van der Waals surface area contributed by atoms with Gasteiger partial charge in [-0.3, -0.25) is 9.78 Å². The first-order valence-electron chi connectivity index (χ1n) is 9.71. The number of nitrogens with zero attached hydrogens (tertiary/aromatic N) is 3. The Bertz CT molecular complexity index is 1180. The Labute approximate surface area is 178 Å². The monoisotopic (exact) mass is 414 g/mol. The molecule has 31 heavy (non-hydrogen) atoms. The minimum absolute atomic E-state index is 0.311. The molecule has 2 heterocycles. The van der Waals surface area contributed by atoms with E-state index < -0.39 is 0 Å². The summed E-state index contributed by atoms with van der Waals surface area (Å²) in [4.78, 5) is 26.0. The molecule has 0 radical (unpaired) electrons. The lowest BCUT2D eigenvalue weighted by molar-refractivity contribution is 0.102. The van der Waals surface area contributed by atoms with Crippen molar-refractivity contribution >= 4 is 11.6 Å². The third kappa shape index (κ3) is 4.72. The zero-order chi connectivity index (χ0) is 21.6. The quantitative estimate of drug-likeness (QED) is 0.481. The summed E-state index contributed by atoms with van der Waals surface area (Å²) in [5, 5.41) is 2.86. The first-order chi connectivity index (χ1) is 15.1. The molecule has 154 valence electrons. The van der Waals surface area contributed by atoms with E-state index in [0.29, 0.717) is 34.9 Å². The minimum atomic E-state index is -0.346. The molecule has 0 spiro atoms. The summed E-state index contributed by atoms with van der Waals surface area (Å²) in [6, 6.07) is 16.5. The number of hydrogen-bond acceptors (Lipinski definition) is 5. The van der Waals surface area contributed by atoms with Crippen molar-refractivity contribution in [2.75, 3.05) is 11.9 Å². The standard InChI is InChI=1S/C24H19FN4O2/c1-2-31-20-9-7-19(8-10-20)28-24(30)21-15-27-23(17-3-5-18(25)6-4-17)29-22(21)16-11-13-26-14-12-16/h3-15H,2H2,1H3,(H,28,30). The van der Waals surface area contributed by atoms with Crippen LogP contribution in [0.1, 0.15) is 17.3 Å². The number of halogens is 1. The average Bonchev–Trinajstić information content (AvgIpc) is 2.81. The van der Waals surface area contributed by atoms with Gasteiger partial charge in [0.05, 0.1) is 17.9 Å². The third-order valence-corrected chi connectivity index (χ3v) is 4.51. The van der Waals surface area contributed by atoms with Crippen LogP contribution in [-0.2, 0) is 0 Å². The van der Waals surface area contributed by atoms with E-state index in [1.54, 1.807) is 60.9 Å². The van der Waals surface area contributed by atoms with Crippen LogP contribution in [0.4, 0.5) is 10.1 Å². The highest BCUT2D eigenvalue weighted by Crippen LogP contribution is 2.25. The molecule has 4 aromatic rings. The van der Waals surface area contributed by atoms with Crippen LogP contribution in [-0.4, -0.2) is 27.5 Å². The largest absolute Gasteiger partial charge is 0.494 e. The third-order valence-electron chi connectivity index (χ3n) is 4.51. The summed E-state index contributed by atoms with van der Waals surface area (Å²) in [6.07, 6.45) is 4.73. The maximum atomic E-state index is 13.3. The van der Waals surface area contributed by atoms with E-state index >= 15 is 0 Å². The molecule has 0 saturated heterocycles. The number of carbonyl (C=O) groups excluding carboxylic acids is 1. The Morgan fingerprint density at radius 3 is 2.35 bits per heavy atom. The van der Waals surface area contributed by atoms with Crippen molar-refractivity contribution in [1.29, 1.82) is 0 Å². The molecule has 4 rings (SSSR count). The van der Waals surface area contributed by atoms with E-state index in [-0.39, 0.29) is 11.7 Å². The number of carbonyl (C=O) groups is 1. The second-order valence-electron chi connectivity index (χ2n) is 6.61. The van der Waals surface area contributed by atoms with Crippen molar-refractivity contribution in [3.63, 3.8) is 0 Å². The first-order valence-corrected chi connectivity index (χ1v) is 9.71. The lowest BCUT2D eigenvalue weighted by atomic mass is 10.1. The van der Waals surface area contributed by atoms with Gasteiger partial charge in [-0.2, -0.15) is 0 Å². The molecule has 0 bridgehead atoms. The Morgan fingerprint density at radius 2 is 1.68 bits per heavy atom. The van der Waals surface area contributed by atoms with Gasteiger partial charge in [-0.25, -0.2) is 14.4 Å². The normalized spacial score (nSPS) is 10.5. The van der Waals surface area contributed by atoms with Crippen LogP contribution in [0.2, 0.25) is 0 Å². The van der Waals surface area contributed by atoms with Gasteiger partial charge in [0.25, 0.3) is 5.91 Å². The number of anilines is 1. The highest BCUT2D eigenvalue weighted by atomic mass is 19.1. The summed E-state index contributed by atoms with van der Waals surface area (Å²) >= 11 is 0. The van der Waals surface area contributed by atoms with Crippen LogP contribution in [0, 0.1) is 5.82 Å². The lowest BCUT2D eigenvalue weighted by Gasteiger charge is -2.12. The van der Waals surface area contributed by atoms with E-state index in [4.69, 9.17) is 4.74 Å². The van der Waals surface area contributed by atoms with Crippen molar-refractivity contribution in [3.8, 4) is 28.4 Å². The van der Waals surface area contributed by atoms with E-state index in [9.17, 15) is 9.18 Å². The molecule has 0 aliphatic rings. The molecule has 1 N–H and O–H groups in total. The van der Waals surface area contributed by atoms with Gasteiger partial charge in [0, 0.05) is 35.4 Å². The molecule has 6 nitrogen and oxygen atoms in total. The van der Waals surface area contributed by atoms with Crippen molar-refractivity contribution in [1.82, 2.24) is 15.0 Å². The van der Waals surface area contributed by atoms with Gasteiger partial charge in [-0.05, 0) is 67.6 Å². The maximum Gasteiger partial charge on any atom is 0.259 e. The van der Waals surface area contributed by atoms with Gasteiger partial charge in [0.1, 0.15) is 11.6 Å². The van der Waals surface area contributed by atoms with E-state index in [2.05, 4.69) is 20.3 Å². The fourth-order valence-corrected chi connectivity index (χ4v) is 3.02. The number of ether oxygens (including phenoxy) is 1. The average molecular weight is 414 g/mol. The van der Waals surface area contributed by atoms with Gasteiger partial charge in [-0.1, -0.05) is 0 Å². The summed E-state index contributed by atoms with van der Waals surface area (Å²) in [5.74, 6) is 0.431. The molecule has 7 heteroatoms. The number of aromatic nitrogens is 3. The van der Waals surface area contributed by atoms with Crippen molar-refractivity contribution in [3.05, 3.63) is 90.6 Å². The summed E-state index contributed by atoms with van der Waals surface area (Å²) in [5.41, 5.74) is 2.76. The molecule has 0 unspecified atom stereocenters. The Balaban J connectivity index is 1.69. The second-order valence-corrected chi connectivity index (χ2v) is 6.61. The topological polar surface area (TPSA) is 77.0 Å². The fourth-order valence-electron chi connectivity index (χ4n) is 3.02. The molecule has 0 aliphatic heterocycles. The molecule has 2 aromatic carbocycles. The van der Waals surface area contributed by atoms with Crippen LogP contribution >= 0.6 is 0 Å².